The van der Waals surface area contributed by atoms with Crippen LogP contribution in [0, 0.1) is 0 Å². The maximum absolute atomic E-state index is 11.7. The fourth-order valence-electron chi connectivity index (χ4n) is 3.43. The van der Waals surface area contributed by atoms with E-state index in [0.717, 1.165) is 27.5 Å². The number of rotatable bonds is 5. The molecule has 1 aliphatic rings. The van der Waals surface area contributed by atoms with Crippen molar-refractivity contribution >= 4 is 28.6 Å². The van der Waals surface area contributed by atoms with Crippen molar-refractivity contribution in [1.29, 1.82) is 0 Å². The summed E-state index contributed by atoms with van der Waals surface area (Å²) in [4.78, 5) is 17.4. The molecule has 0 fully saturated rings. The second kappa shape index (κ2) is 8.16. The molecule has 0 saturated heterocycles. The summed E-state index contributed by atoms with van der Waals surface area (Å²) < 4.78 is 18.6. The molecule has 1 aliphatic heterocycles. The summed E-state index contributed by atoms with van der Waals surface area (Å²) in [6.07, 6.45) is 1.66. The van der Waals surface area contributed by atoms with Crippen LogP contribution in [0.25, 0.3) is 11.3 Å². The highest BCUT2D eigenvalue weighted by atomic mass is 32.1. The summed E-state index contributed by atoms with van der Waals surface area (Å²) in [6.45, 7) is 0.547. The maximum Gasteiger partial charge on any atom is 0.262 e. The van der Waals surface area contributed by atoms with Crippen LogP contribution in [0.15, 0.2) is 75.7 Å². The van der Waals surface area contributed by atoms with Crippen molar-refractivity contribution in [2.45, 2.75) is 6.54 Å². The van der Waals surface area contributed by atoms with E-state index in [0.29, 0.717) is 23.7 Å². The first kappa shape index (κ1) is 19.2. The van der Waals surface area contributed by atoms with Gasteiger partial charge in [0, 0.05) is 10.9 Å². The first-order valence-electron chi connectivity index (χ1n) is 9.67. The van der Waals surface area contributed by atoms with Gasteiger partial charge in [0.1, 0.15) is 22.9 Å². The number of methoxy groups -OCH3 is 1. The zero-order valence-corrected chi connectivity index (χ0v) is 17.5. The Hall–Kier alpha value is -3.78. The number of carbonyl (C=O) groups is 1. The van der Waals surface area contributed by atoms with Crippen molar-refractivity contribution < 1.29 is 18.7 Å². The second-order valence-corrected chi connectivity index (χ2v) is 7.74. The Morgan fingerprint density at radius 3 is 2.94 bits per heavy atom. The second-order valence-electron chi connectivity index (χ2n) is 6.90. The molecule has 0 saturated carbocycles. The zero-order valence-electron chi connectivity index (χ0n) is 16.7. The van der Waals surface area contributed by atoms with Crippen LogP contribution >= 0.6 is 11.3 Å². The first-order valence-corrected chi connectivity index (χ1v) is 10.5. The van der Waals surface area contributed by atoms with Gasteiger partial charge in [0.15, 0.2) is 11.4 Å². The van der Waals surface area contributed by atoms with Crippen molar-refractivity contribution in [3.63, 3.8) is 0 Å². The first-order chi connectivity index (χ1) is 15.2. The molecule has 5 rings (SSSR count). The molecule has 7 nitrogen and oxygen atoms in total. The summed E-state index contributed by atoms with van der Waals surface area (Å²) in [5.41, 5.74) is 3.30. The average molecular weight is 433 g/mol. The van der Waals surface area contributed by atoms with Crippen molar-refractivity contribution in [2.24, 2.45) is 4.99 Å². The number of ether oxygens (including phenoxy) is 2. The van der Waals surface area contributed by atoms with Gasteiger partial charge in [0.25, 0.3) is 5.91 Å². The quantitative estimate of drug-likeness (QED) is 0.505. The summed E-state index contributed by atoms with van der Waals surface area (Å²) in [7, 11) is 1.63. The molecular weight excluding hydrogens is 414 g/mol. The van der Waals surface area contributed by atoms with E-state index in [1.54, 1.807) is 13.4 Å². The Labute approximate surface area is 182 Å². The van der Waals surface area contributed by atoms with Crippen molar-refractivity contribution in [3.05, 3.63) is 76.8 Å². The third-order valence-corrected chi connectivity index (χ3v) is 5.76. The highest BCUT2D eigenvalue weighted by Gasteiger charge is 2.18. The molecule has 31 heavy (non-hydrogen) atoms. The van der Waals surface area contributed by atoms with Crippen molar-refractivity contribution in [3.8, 4) is 22.8 Å². The molecular formula is C23H19N3O4S. The number of furan rings is 1. The standard InChI is InChI=1S/C23H19N3O4S/c1-28-20-7-3-2-6-17(20)25-23-26(12-16-5-4-10-29-16)19(14-31-23)15-8-9-21-18(11-15)24-22(27)13-30-21/h2-11,14H,12-13H2,1H3,(H,24,27). The fourth-order valence-corrected chi connectivity index (χ4v) is 4.35. The van der Waals surface area contributed by atoms with Gasteiger partial charge in [0.05, 0.1) is 31.3 Å². The molecule has 0 unspecified atom stereocenters. The predicted octanol–water partition coefficient (Wildman–Crippen LogP) is 4.43. The Balaban J connectivity index is 1.64. The molecule has 4 aromatic rings. The van der Waals surface area contributed by atoms with Gasteiger partial charge < -0.3 is 23.8 Å². The summed E-state index contributed by atoms with van der Waals surface area (Å²) in [5.74, 6) is 2.02. The molecule has 0 radical (unpaired) electrons. The van der Waals surface area contributed by atoms with Crippen LogP contribution in [0.2, 0.25) is 0 Å². The molecule has 156 valence electrons. The fraction of sp³-hybridized carbons (Fsp3) is 0.130. The van der Waals surface area contributed by atoms with Crippen LogP contribution < -0.4 is 19.6 Å². The average Bonchev–Trinajstić information content (AvgIpc) is 3.44. The van der Waals surface area contributed by atoms with E-state index >= 15 is 0 Å². The molecule has 8 heteroatoms. The van der Waals surface area contributed by atoms with Gasteiger partial charge in [-0.3, -0.25) is 4.79 Å². The molecule has 0 aliphatic carbocycles. The lowest BCUT2D eigenvalue weighted by Crippen LogP contribution is -2.25. The SMILES string of the molecule is COc1ccccc1N=c1scc(-c2ccc3c(c2)NC(=O)CO3)n1Cc1ccco1. The molecule has 0 atom stereocenters. The predicted molar refractivity (Wildman–Crippen MR) is 118 cm³/mol. The van der Waals surface area contributed by atoms with Gasteiger partial charge in [-0.15, -0.1) is 11.3 Å². The number of fused-ring (bicyclic) bond motifs is 1. The van der Waals surface area contributed by atoms with Gasteiger partial charge >= 0.3 is 0 Å². The van der Waals surface area contributed by atoms with Gasteiger partial charge in [-0.05, 0) is 42.5 Å². The lowest BCUT2D eigenvalue weighted by atomic mass is 10.1. The van der Waals surface area contributed by atoms with Crippen LogP contribution in [0.1, 0.15) is 5.76 Å². The Kier molecular flexibility index (Phi) is 5.05. The summed E-state index contributed by atoms with van der Waals surface area (Å²) in [5, 5.41) is 4.91. The van der Waals surface area contributed by atoms with E-state index in [-0.39, 0.29) is 12.5 Å². The molecule has 2 aromatic carbocycles. The molecule has 3 heterocycles. The monoisotopic (exact) mass is 433 g/mol. The highest BCUT2D eigenvalue weighted by molar-refractivity contribution is 7.07. The highest BCUT2D eigenvalue weighted by Crippen LogP contribution is 2.33. The number of nitrogens with one attached hydrogen (secondary N) is 1. The van der Waals surface area contributed by atoms with Crippen LogP contribution in [0.4, 0.5) is 11.4 Å². The topological polar surface area (TPSA) is 78.0 Å². The number of nitrogens with zero attached hydrogens (tertiary/aromatic N) is 2. The molecule has 1 amide bonds. The van der Waals surface area contributed by atoms with Gasteiger partial charge in [-0.2, -0.15) is 0 Å². The number of aromatic nitrogens is 1. The number of carbonyl (C=O) groups excluding carboxylic acids is 1. The number of thiazole rings is 1. The number of para-hydroxylation sites is 2. The van der Waals surface area contributed by atoms with Crippen LogP contribution in [0.5, 0.6) is 11.5 Å². The zero-order chi connectivity index (χ0) is 21.2. The van der Waals surface area contributed by atoms with Gasteiger partial charge in [-0.1, -0.05) is 12.1 Å². The van der Waals surface area contributed by atoms with Crippen molar-refractivity contribution in [1.82, 2.24) is 4.57 Å². The lowest BCUT2D eigenvalue weighted by Gasteiger charge is -2.18. The number of hydrogen-bond donors (Lipinski definition) is 1. The van der Waals surface area contributed by atoms with Gasteiger partial charge in [0.2, 0.25) is 0 Å². The minimum Gasteiger partial charge on any atom is -0.494 e. The Morgan fingerprint density at radius 2 is 2.10 bits per heavy atom. The van der Waals surface area contributed by atoms with E-state index in [4.69, 9.17) is 18.9 Å². The van der Waals surface area contributed by atoms with E-state index in [9.17, 15) is 4.79 Å². The van der Waals surface area contributed by atoms with Crippen LogP contribution in [-0.4, -0.2) is 24.2 Å². The minimum atomic E-state index is -0.162. The lowest BCUT2D eigenvalue weighted by molar-refractivity contribution is -0.118. The summed E-state index contributed by atoms with van der Waals surface area (Å²) in [6, 6.07) is 17.2. The number of benzene rings is 2. The molecule has 1 N–H and O–H groups in total. The van der Waals surface area contributed by atoms with E-state index < -0.39 is 0 Å². The molecule has 0 bridgehead atoms. The third-order valence-electron chi connectivity index (χ3n) is 4.90. The Bertz CT molecular complexity index is 1300. The number of hydrogen-bond acceptors (Lipinski definition) is 6. The number of anilines is 1. The molecule has 0 spiro atoms. The smallest absolute Gasteiger partial charge is 0.262 e. The maximum atomic E-state index is 11.7. The van der Waals surface area contributed by atoms with Crippen molar-refractivity contribution in [2.75, 3.05) is 19.0 Å². The van der Waals surface area contributed by atoms with E-state index in [2.05, 4.69) is 9.88 Å². The van der Waals surface area contributed by atoms with E-state index in [1.807, 2.05) is 60.0 Å². The van der Waals surface area contributed by atoms with Crippen LogP contribution in [-0.2, 0) is 11.3 Å². The van der Waals surface area contributed by atoms with E-state index in [1.165, 1.54) is 11.3 Å². The minimum absolute atomic E-state index is 0.0330. The Morgan fingerprint density at radius 1 is 1.19 bits per heavy atom. The normalized spacial score (nSPS) is 13.5. The van der Waals surface area contributed by atoms with Crippen LogP contribution in [0.3, 0.4) is 0 Å². The largest absolute Gasteiger partial charge is 0.494 e. The number of amides is 1. The van der Waals surface area contributed by atoms with Gasteiger partial charge in [-0.25, -0.2) is 4.99 Å². The summed E-state index contributed by atoms with van der Waals surface area (Å²) >= 11 is 1.53. The third kappa shape index (κ3) is 3.85. The molecule has 2 aromatic heterocycles.